The Kier molecular flexibility index (Phi) is 6.20. The van der Waals surface area contributed by atoms with E-state index < -0.39 is 5.69 Å². The van der Waals surface area contributed by atoms with E-state index in [9.17, 15) is 9.59 Å². The minimum absolute atomic E-state index is 0.0757. The molecule has 7 heteroatoms. The molecular formula is C16H20N2O4S. The van der Waals surface area contributed by atoms with E-state index in [-0.39, 0.29) is 12.3 Å². The molecule has 0 amide bonds. The van der Waals surface area contributed by atoms with Crippen molar-refractivity contribution >= 4 is 11.8 Å². The van der Waals surface area contributed by atoms with E-state index in [2.05, 4.69) is 0 Å². The first-order valence-electron chi connectivity index (χ1n) is 7.16. The monoisotopic (exact) mass is 336 g/mol. The fraction of sp³-hybridized carbons (Fsp3) is 0.375. The largest absolute Gasteiger partial charge is 0.382 e. The fourth-order valence-corrected chi connectivity index (χ4v) is 3.04. The molecule has 2 aromatic rings. The van der Waals surface area contributed by atoms with Crippen molar-refractivity contribution in [3.8, 4) is 0 Å². The molecule has 1 aromatic heterocycles. The third-order valence-corrected chi connectivity index (χ3v) is 4.55. The van der Waals surface area contributed by atoms with Gasteiger partial charge < -0.3 is 9.47 Å². The Labute approximate surface area is 138 Å². The molecule has 2 rings (SSSR count). The van der Waals surface area contributed by atoms with Crippen LogP contribution in [0.3, 0.4) is 0 Å². The van der Waals surface area contributed by atoms with Gasteiger partial charge >= 0.3 is 5.69 Å². The van der Waals surface area contributed by atoms with Crippen molar-refractivity contribution in [1.29, 1.82) is 0 Å². The Morgan fingerprint density at radius 3 is 2.48 bits per heavy atom. The molecule has 124 valence electrons. The van der Waals surface area contributed by atoms with Crippen molar-refractivity contribution < 1.29 is 9.47 Å². The van der Waals surface area contributed by atoms with Crippen LogP contribution in [0.4, 0.5) is 0 Å². The summed E-state index contributed by atoms with van der Waals surface area (Å²) in [5, 5.41) is 0.599. The number of rotatable bonds is 7. The van der Waals surface area contributed by atoms with E-state index >= 15 is 0 Å². The molecule has 0 aliphatic carbocycles. The second-order valence-electron chi connectivity index (χ2n) is 4.95. The number of benzene rings is 1. The summed E-state index contributed by atoms with van der Waals surface area (Å²) in [6.07, 6.45) is 0. The van der Waals surface area contributed by atoms with Gasteiger partial charge in [-0.2, -0.15) is 0 Å². The standard InChI is InChI=1S/C16H20N2O4S/c1-12-14(19)17(2)16(20)18(11-22-10-9-21-3)15(12)23-13-7-5-4-6-8-13/h4-8H,9-11H2,1-3H3. The van der Waals surface area contributed by atoms with E-state index in [0.717, 1.165) is 9.46 Å². The van der Waals surface area contributed by atoms with Crippen LogP contribution in [0, 0.1) is 6.92 Å². The Morgan fingerprint density at radius 1 is 1.13 bits per heavy atom. The predicted molar refractivity (Wildman–Crippen MR) is 89.1 cm³/mol. The smallest absolute Gasteiger partial charge is 0.333 e. The summed E-state index contributed by atoms with van der Waals surface area (Å²) >= 11 is 1.38. The molecule has 0 saturated heterocycles. The summed E-state index contributed by atoms with van der Waals surface area (Å²) in [7, 11) is 3.06. The molecule has 0 aliphatic heterocycles. The molecule has 0 fully saturated rings. The summed E-state index contributed by atoms with van der Waals surface area (Å²) in [5.74, 6) is 0. The third kappa shape index (κ3) is 4.13. The lowest BCUT2D eigenvalue weighted by atomic mass is 10.4. The first kappa shape index (κ1) is 17.5. The Morgan fingerprint density at radius 2 is 1.83 bits per heavy atom. The number of methoxy groups -OCH3 is 1. The van der Waals surface area contributed by atoms with E-state index in [1.807, 2.05) is 30.3 Å². The third-order valence-electron chi connectivity index (χ3n) is 3.32. The fourth-order valence-electron chi connectivity index (χ4n) is 2.04. The minimum atomic E-state index is -0.392. The second-order valence-corrected chi connectivity index (χ2v) is 6.01. The number of hydrogen-bond acceptors (Lipinski definition) is 5. The molecule has 0 spiro atoms. The lowest BCUT2D eigenvalue weighted by molar-refractivity contribution is 0.0276. The van der Waals surface area contributed by atoms with Gasteiger partial charge in [0.25, 0.3) is 5.56 Å². The van der Waals surface area contributed by atoms with Gasteiger partial charge in [-0.25, -0.2) is 4.79 Å². The van der Waals surface area contributed by atoms with Crippen LogP contribution in [0.5, 0.6) is 0 Å². The predicted octanol–water partition coefficient (Wildman–Crippen LogP) is 1.63. The van der Waals surface area contributed by atoms with Gasteiger partial charge in [0, 0.05) is 24.6 Å². The average Bonchev–Trinajstić information content (AvgIpc) is 2.57. The lowest BCUT2D eigenvalue weighted by Gasteiger charge is -2.16. The molecule has 6 nitrogen and oxygen atoms in total. The summed E-state index contributed by atoms with van der Waals surface area (Å²) in [4.78, 5) is 25.6. The van der Waals surface area contributed by atoms with Crippen molar-refractivity contribution in [2.45, 2.75) is 23.6 Å². The van der Waals surface area contributed by atoms with Crippen LogP contribution in [0.15, 0.2) is 49.8 Å². The van der Waals surface area contributed by atoms with E-state index in [0.29, 0.717) is 23.8 Å². The van der Waals surface area contributed by atoms with Crippen LogP contribution >= 0.6 is 11.8 Å². The highest BCUT2D eigenvalue weighted by atomic mass is 32.2. The van der Waals surface area contributed by atoms with Crippen LogP contribution in [0.2, 0.25) is 0 Å². The number of nitrogens with zero attached hydrogens (tertiary/aromatic N) is 2. The van der Waals surface area contributed by atoms with Gasteiger partial charge in [0.15, 0.2) is 0 Å². The van der Waals surface area contributed by atoms with Gasteiger partial charge in [0.1, 0.15) is 6.73 Å². The zero-order valence-corrected chi connectivity index (χ0v) is 14.3. The van der Waals surface area contributed by atoms with Crippen LogP contribution in [0.1, 0.15) is 5.56 Å². The lowest BCUT2D eigenvalue weighted by Crippen LogP contribution is -2.40. The quantitative estimate of drug-likeness (QED) is 0.568. The molecule has 1 aromatic carbocycles. The molecule has 0 unspecified atom stereocenters. The molecular weight excluding hydrogens is 316 g/mol. The van der Waals surface area contributed by atoms with Gasteiger partial charge in [-0.05, 0) is 19.1 Å². The van der Waals surface area contributed by atoms with Crippen LogP contribution in [0.25, 0.3) is 0 Å². The molecule has 23 heavy (non-hydrogen) atoms. The van der Waals surface area contributed by atoms with Gasteiger partial charge in [0.05, 0.1) is 18.2 Å². The first-order chi connectivity index (χ1) is 11.1. The second kappa shape index (κ2) is 8.14. The Bertz CT molecular complexity index is 768. The summed E-state index contributed by atoms with van der Waals surface area (Å²) in [6.45, 7) is 2.62. The van der Waals surface area contributed by atoms with Gasteiger partial charge in [-0.15, -0.1) is 0 Å². The maximum Gasteiger partial charge on any atom is 0.333 e. The highest BCUT2D eigenvalue weighted by molar-refractivity contribution is 7.99. The molecule has 0 atom stereocenters. The zero-order valence-electron chi connectivity index (χ0n) is 13.4. The molecule has 0 radical (unpaired) electrons. The molecule has 0 saturated carbocycles. The highest BCUT2D eigenvalue weighted by Crippen LogP contribution is 2.27. The number of aromatic nitrogens is 2. The molecule has 0 bridgehead atoms. The van der Waals surface area contributed by atoms with E-state index in [1.54, 1.807) is 14.0 Å². The Hall–Kier alpha value is -1.83. The number of ether oxygens (including phenoxy) is 2. The first-order valence-corrected chi connectivity index (χ1v) is 7.98. The van der Waals surface area contributed by atoms with E-state index in [1.165, 1.54) is 23.4 Å². The van der Waals surface area contributed by atoms with Gasteiger partial charge in [-0.3, -0.25) is 13.9 Å². The summed E-state index contributed by atoms with van der Waals surface area (Å²) < 4.78 is 13.0. The topological polar surface area (TPSA) is 62.5 Å². The maximum atomic E-state index is 12.4. The normalized spacial score (nSPS) is 10.9. The van der Waals surface area contributed by atoms with E-state index in [4.69, 9.17) is 9.47 Å². The SMILES string of the molecule is COCCOCn1c(Sc2ccccc2)c(C)c(=O)n(C)c1=O. The highest BCUT2D eigenvalue weighted by Gasteiger charge is 2.15. The average molecular weight is 336 g/mol. The molecule has 1 heterocycles. The molecule has 0 N–H and O–H groups in total. The van der Waals surface area contributed by atoms with Gasteiger partial charge in [0.2, 0.25) is 0 Å². The summed E-state index contributed by atoms with van der Waals surface area (Å²) in [6, 6.07) is 9.61. The summed E-state index contributed by atoms with van der Waals surface area (Å²) in [5.41, 5.74) is -0.158. The zero-order chi connectivity index (χ0) is 16.8. The Balaban J connectivity index is 2.41. The molecule has 0 aliphatic rings. The van der Waals surface area contributed by atoms with Crippen molar-refractivity contribution in [2.75, 3.05) is 20.3 Å². The van der Waals surface area contributed by atoms with Crippen molar-refractivity contribution in [3.63, 3.8) is 0 Å². The maximum absolute atomic E-state index is 12.4. The van der Waals surface area contributed by atoms with Crippen LogP contribution in [-0.4, -0.2) is 29.5 Å². The van der Waals surface area contributed by atoms with Crippen molar-refractivity contribution in [3.05, 3.63) is 56.7 Å². The van der Waals surface area contributed by atoms with Crippen LogP contribution < -0.4 is 11.2 Å². The number of hydrogen-bond donors (Lipinski definition) is 0. The van der Waals surface area contributed by atoms with Crippen molar-refractivity contribution in [2.24, 2.45) is 7.05 Å². The minimum Gasteiger partial charge on any atom is -0.382 e. The van der Waals surface area contributed by atoms with Crippen molar-refractivity contribution in [1.82, 2.24) is 9.13 Å². The van der Waals surface area contributed by atoms with Crippen LogP contribution in [-0.2, 0) is 23.3 Å². The van der Waals surface area contributed by atoms with Gasteiger partial charge in [-0.1, -0.05) is 30.0 Å².